The first kappa shape index (κ1) is 25.7. The number of pyridine rings is 1. The predicted octanol–water partition coefficient (Wildman–Crippen LogP) is 6.65. The molecule has 182 valence electrons. The number of ketones is 1. The second-order valence-corrected chi connectivity index (χ2v) is 10.1. The summed E-state index contributed by atoms with van der Waals surface area (Å²) < 4.78 is 0. The van der Waals surface area contributed by atoms with Crippen LogP contribution in [0.3, 0.4) is 0 Å². The smallest absolute Gasteiger partial charge is 0.219 e. The van der Waals surface area contributed by atoms with Gasteiger partial charge in [0.1, 0.15) is 5.78 Å². The first-order valence-electron chi connectivity index (χ1n) is 12.7. The zero-order valence-corrected chi connectivity index (χ0v) is 21.0. The molecule has 2 aromatic carbocycles. The summed E-state index contributed by atoms with van der Waals surface area (Å²) in [5, 5.41) is 8.92. The Morgan fingerprint density at radius 2 is 1.29 bits per heavy atom. The Bertz CT molecular complexity index is 1050. The SMILES string of the molecule is CC(C)(C)C(=O)CCCCCNC(=O)CCCCCNc1c2ccccc2nc2ccccc12. The summed E-state index contributed by atoms with van der Waals surface area (Å²) in [6.45, 7) is 7.47. The maximum Gasteiger partial charge on any atom is 0.219 e. The van der Waals surface area contributed by atoms with E-state index in [0.717, 1.165) is 72.6 Å². The van der Waals surface area contributed by atoms with Crippen molar-refractivity contribution in [3.63, 3.8) is 0 Å². The van der Waals surface area contributed by atoms with Gasteiger partial charge in [-0.25, -0.2) is 4.98 Å². The number of amides is 1. The summed E-state index contributed by atoms with van der Waals surface area (Å²) in [6, 6.07) is 16.5. The molecule has 0 bridgehead atoms. The van der Waals surface area contributed by atoms with Gasteiger partial charge in [0.25, 0.3) is 0 Å². The summed E-state index contributed by atoms with van der Waals surface area (Å²) >= 11 is 0. The molecule has 5 heteroatoms. The van der Waals surface area contributed by atoms with Gasteiger partial charge in [-0.3, -0.25) is 9.59 Å². The molecule has 0 aliphatic rings. The van der Waals surface area contributed by atoms with Crippen LogP contribution in [0.25, 0.3) is 21.8 Å². The van der Waals surface area contributed by atoms with Crippen molar-refractivity contribution in [1.82, 2.24) is 10.3 Å². The highest BCUT2D eigenvalue weighted by atomic mass is 16.1. The number of hydrogen-bond donors (Lipinski definition) is 2. The Balaban J connectivity index is 1.31. The number of anilines is 1. The number of hydrogen-bond acceptors (Lipinski definition) is 4. The van der Waals surface area contributed by atoms with Gasteiger partial charge in [-0.05, 0) is 37.8 Å². The fourth-order valence-electron chi connectivity index (χ4n) is 4.11. The van der Waals surface area contributed by atoms with E-state index < -0.39 is 0 Å². The Kier molecular flexibility index (Phi) is 9.43. The van der Waals surface area contributed by atoms with Gasteiger partial charge in [-0.2, -0.15) is 0 Å². The number of unbranched alkanes of at least 4 members (excludes halogenated alkanes) is 4. The standard InChI is InChI=1S/C29H39N3O2/c1-29(2,3)26(33)18-6-4-12-20-30-27(34)19-7-5-13-21-31-28-22-14-8-10-16-24(22)32-25-17-11-9-15-23(25)28/h8-11,14-17H,4-7,12-13,18-21H2,1-3H3,(H,30,34)(H,31,32). The van der Waals surface area contributed by atoms with Crippen LogP contribution in [0.15, 0.2) is 48.5 Å². The lowest BCUT2D eigenvalue weighted by molar-refractivity contribution is -0.126. The number of nitrogens with zero attached hydrogens (tertiary/aromatic N) is 1. The van der Waals surface area contributed by atoms with Crippen molar-refractivity contribution < 1.29 is 9.59 Å². The number of rotatable bonds is 13. The lowest BCUT2D eigenvalue weighted by Gasteiger charge is -2.16. The Morgan fingerprint density at radius 3 is 1.91 bits per heavy atom. The fourth-order valence-corrected chi connectivity index (χ4v) is 4.11. The van der Waals surface area contributed by atoms with Crippen molar-refractivity contribution in [2.45, 2.75) is 72.1 Å². The maximum atomic E-state index is 12.1. The van der Waals surface area contributed by atoms with Gasteiger partial charge in [0.05, 0.1) is 16.7 Å². The zero-order chi connectivity index (χ0) is 24.4. The maximum absolute atomic E-state index is 12.1. The van der Waals surface area contributed by atoms with E-state index in [1.165, 1.54) is 0 Å². The van der Waals surface area contributed by atoms with Crippen LogP contribution in [-0.2, 0) is 9.59 Å². The summed E-state index contributed by atoms with van der Waals surface area (Å²) in [6.07, 6.45) is 6.94. The van der Waals surface area contributed by atoms with Crippen LogP contribution in [0.1, 0.15) is 72.1 Å². The van der Waals surface area contributed by atoms with Gasteiger partial charge in [0.2, 0.25) is 5.91 Å². The van der Waals surface area contributed by atoms with E-state index in [9.17, 15) is 9.59 Å². The number of para-hydroxylation sites is 2. The van der Waals surface area contributed by atoms with Gasteiger partial charge in [0.15, 0.2) is 0 Å². The van der Waals surface area contributed by atoms with E-state index in [2.05, 4.69) is 34.9 Å². The first-order chi connectivity index (χ1) is 16.4. The largest absolute Gasteiger partial charge is 0.384 e. The first-order valence-corrected chi connectivity index (χ1v) is 12.7. The molecule has 0 saturated heterocycles. The number of fused-ring (bicyclic) bond motifs is 2. The Labute approximate surface area is 203 Å². The van der Waals surface area contributed by atoms with E-state index in [0.29, 0.717) is 25.2 Å². The molecule has 0 fully saturated rings. The van der Waals surface area contributed by atoms with E-state index in [1.54, 1.807) is 0 Å². The monoisotopic (exact) mass is 461 g/mol. The van der Waals surface area contributed by atoms with Gasteiger partial charge in [-0.1, -0.05) is 70.0 Å². The summed E-state index contributed by atoms with van der Waals surface area (Å²) in [7, 11) is 0. The molecule has 0 radical (unpaired) electrons. The normalized spacial score (nSPS) is 11.6. The predicted molar refractivity (Wildman–Crippen MR) is 142 cm³/mol. The van der Waals surface area contributed by atoms with Gasteiger partial charge in [-0.15, -0.1) is 0 Å². The third kappa shape index (κ3) is 7.54. The topological polar surface area (TPSA) is 71.1 Å². The molecule has 0 aliphatic carbocycles. The van der Waals surface area contributed by atoms with Crippen molar-refractivity contribution >= 4 is 39.2 Å². The minimum Gasteiger partial charge on any atom is -0.384 e. The van der Waals surface area contributed by atoms with Crippen molar-refractivity contribution in [3.05, 3.63) is 48.5 Å². The number of carbonyl (C=O) groups excluding carboxylic acids is 2. The van der Waals surface area contributed by atoms with E-state index in [4.69, 9.17) is 4.98 Å². The number of benzene rings is 2. The summed E-state index contributed by atoms with van der Waals surface area (Å²) in [5.74, 6) is 0.446. The van der Waals surface area contributed by atoms with Crippen molar-refractivity contribution in [1.29, 1.82) is 0 Å². The van der Waals surface area contributed by atoms with Gasteiger partial charge < -0.3 is 10.6 Å². The van der Waals surface area contributed by atoms with E-state index >= 15 is 0 Å². The van der Waals surface area contributed by atoms with Crippen LogP contribution >= 0.6 is 0 Å². The molecule has 34 heavy (non-hydrogen) atoms. The molecule has 1 amide bonds. The minimum atomic E-state index is -0.246. The van der Waals surface area contributed by atoms with Crippen LogP contribution in [0.5, 0.6) is 0 Å². The summed E-state index contributed by atoms with van der Waals surface area (Å²) in [5.41, 5.74) is 2.90. The van der Waals surface area contributed by atoms with Crippen LogP contribution in [0, 0.1) is 5.41 Å². The molecule has 3 aromatic rings. The van der Waals surface area contributed by atoms with Crippen molar-refractivity contribution in [3.8, 4) is 0 Å². The second-order valence-electron chi connectivity index (χ2n) is 10.1. The molecule has 0 unspecified atom stereocenters. The number of aromatic nitrogens is 1. The van der Waals surface area contributed by atoms with Crippen molar-refractivity contribution in [2.75, 3.05) is 18.4 Å². The number of nitrogens with one attached hydrogen (secondary N) is 2. The Hall–Kier alpha value is -2.95. The van der Waals surface area contributed by atoms with Gasteiger partial charge in [0, 0.05) is 42.1 Å². The molecule has 0 atom stereocenters. The average Bonchev–Trinajstić information content (AvgIpc) is 2.82. The molecule has 0 aliphatic heterocycles. The van der Waals surface area contributed by atoms with Gasteiger partial charge >= 0.3 is 0 Å². The van der Waals surface area contributed by atoms with E-state index in [-0.39, 0.29) is 11.3 Å². The van der Waals surface area contributed by atoms with E-state index in [1.807, 2.05) is 45.0 Å². The Morgan fingerprint density at radius 1 is 0.735 bits per heavy atom. The third-order valence-electron chi connectivity index (χ3n) is 6.21. The molecular weight excluding hydrogens is 422 g/mol. The highest BCUT2D eigenvalue weighted by molar-refractivity contribution is 6.07. The second kappa shape index (κ2) is 12.5. The third-order valence-corrected chi connectivity index (χ3v) is 6.21. The minimum absolute atomic E-state index is 0.129. The molecular formula is C29H39N3O2. The molecule has 1 heterocycles. The molecule has 3 rings (SSSR count). The average molecular weight is 462 g/mol. The van der Waals surface area contributed by atoms with Crippen LogP contribution in [-0.4, -0.2) is 29.8 Å². The van der Waals surface area contributed by atoms with Crippen LogP contribution in [0.2, 0.25) is 0 Å². The number of carbonyl (C=O) groups is 2. The highest BCUT2D eigenvalue weighted by Crippen LogP contribution is 2.30. The molecule has 1 aromatic heterocycles. The molecule has 0 saturated carbocycles. The van der Waals surface area contributed by atoms with Crippen LogP contribution in [0.4, 0.5) is 5.69 Å². The molecule has 5 nitrogen and oxygen atoms in total. The fraction of sp³-hybridized carbons (Fsp3) is 0.483. The highest BCUT2D eigenvalue weighted by Gasteiger charge is 2.19. The lowest BCUT2D eigenvalue weighted by atomic mass is 9.88. The number of Topliss-reactive ketones (excluding diaryl/α,β-unsaturated/α-hetero) is 1. The quantitative estimate of drug-likeness (QED) is 0.221. The zero-order valence-electron chi connectivity index (χ0n) is 21.0. The van der Waals surface area contributed by atoms with Crippen LogP contribution < -0.4 is 10.6 Å². The van der Waals surface area contributed by atoms with Crippen molar-refractivity contribution in [2.24, 2.45) is 5.41 Å². The molecule has 0 spiro atoms. The molecule has 2 N–H and O–H groups in total. The summed E-state index contributed by atoms with van der Waals surface area (Å²) in [4.78, 5) is 28.8. The lowest BCUT2D eigenvalue weighted by Crippen LogP contribution is -2.24.